The average Bonchev–Trinajstić information content (AvgIpc) is 3.44. The summed E-state index contributed by atoms with van der Waals surface area (Å²) >= 11 is 0. The van der Waals surface area contributed by atoms with Crippen molar-refractivity contribution in [1.29, 1.82) is 0 Å². The molecule has 0 saturated heterocycles. The van der Waals surface area contributed by atoms with E-state index >= 15 is 0 Å². The minimum Gasteiger partial charge on any atom is -0.0550 e. The maximum absolute atomic E-state index is 2.56. The Morgan fingerprint density at radius 1 is 0.333 bits per heavy atom. The lowest BCUT2D eigenvalue weighted by atomic mass is 9.41. The van der Waals surface area contributed by atoms with Gasteiger partial charge in [0.25, 0.3) is 0 Å². The van der Waals surface area contributed by atoms with Crippen molar-refractivity contribution < 1.29 is 0 Å². The van der Waals surface area contributed by atoms with Gasteiger partial charge in [0.15, 0.2) is 0 Å². The highest BCUT2D eigenvalue weighted by molar-refractivity contribution is 5.90. The summed E-state index contributed by atoms with van der Waals surface area (Å²) in [5.74, 6) is 0.830. The van der Waals surface area contributed by atoms with Crippen LogP contribution in [0.4, 0.5) is 0 Å². The van der Waals surface area contributed by atoms with E-state index < -0.39 is 0 Å². The first kappa shape index (κ1) is 24.2. The summed E-state index contributed by atoms with van der Waals surface area (Å²) in [6.07, 6.45) is 0. The predicted molar refractivity (Wildman–Crippen MR) is 164 cm³/mol. The van der Waals surface area contributed by atoms with Crippen LogP contribution in [0.3, 0.4) is 0 Å². The van der Waals surface area contributed by atoms with Gasteiger partial charge in [0.2, 0.25) is 0 Å². The summed E-state index contributed by atoms with van der Waals surface area (Å²) in [4.78, 5) is 0. The molecule has 0 aliphatic heterocycles. The van der Waals surface area contributed by atoms with Gasteiger partial charge in [-0.2, -0.15) is 0 Å². The van der Waals surface area contributed by atoms with Crippen LogP contribution >= 0.6 is 0 Å². The summed E-state index contributed by atoms with van der Waals surface area (Å²) in [5.41, 5.74) is 32.2. The molecule has 0 aromatic carbocycles. The molecule has 39 heavy (non-hydrogen) atoms. The van der Waals surface area contributed by atoms with Gasteiger partial charge in [-0.3, -0.25) is 0 Å². The third kappa shape index (κ3) is 1.95. The third-order valence-electron chi connectivity index (χ3n) is 13.9. The minimum absolute atomic E-state index is 0.0508. The van der Waals surface area contributed by atoms with Crippen molar-refractivity contribution in [3.63, 3.8) is 0 Å². The Morgan fingerprint density at radius 2 is 0.769 bits per heavy atom. The highest BCUT2D eigenvalue weighted by Crippen LogP contribution is 2.82. The van der Waals surface area contributed by atoms with Gasteiger partial charge in [-0.15, -0.1) is 0 Å². The summed E-state index contributed by atoms with van der Waals surface area (Å²) in [7, 11) is 0. The van der Waals surface area contributed by atoms with Crippen LogP contribution in [-0.4, -0.2) is 0 Å². The van der Waals surface area contributed by atoms with Gasteiger partial charge in [-0.1, -0.05) is 27.7 Å². The van der Waals surface area contributed by atoms with E-state index in [2.05, 4.69) is 96.9 Å². The molecule has 8 rings (SSSR count). The Morgan fingerprint density at radius 3 is 1.33 bits per heavy atom. The molecule has 3 atom stereocenters. The standard InChI is InChI=1S/C39H44/c1-15-16(2)26-22(8)28-18(4)20(6)30-24(10)32-36-31(37(11,12)38(32,13)14)23(9)29-19(5)17(3)27-21(7)25(15)33(26)39(36,34(27)29)35(28)30/h34-35H,1-14H3. The molecule has 0 aromatic heterocycles. The van der Waals surface area contributed by atoms with Gasteiger partial charge in [-0.25, -0.2) is 0 Å². The Labute approximate surface area is 236 Å². The van der Waals surface area contributed by atoms with Crippen LogP contribution in [0.5, 0.6) is 0 Å². The zero-order valence-electron chi connectivity index (χ0n) is 26.7. The molecule has 8 aliphatic carbocycles. The lowest BCUT2D eigenvalue weighted by molar-refractivity contribution is 0.220. The zero-order chi connectivity index (χ0) is 28.2. The van der Waals surface area contributed by atoms with Gasteiger partial charge in [-0.05, 0) is 192 Å². The molecule has 0 bridgehead atoms. The van der Waals surface area contributed by atoms with E-state index in [-0.39, 0.29) is 16.2 Å². The molecule has 0 nitrogen and oxygen atoms in total. The van der Waals surface area contributed by atoms with Crippen molar-refractivity contribution in [3.05, 3.63) is 111 Å². The van der Waals surface area contributed by atoms with Crippen LogP contribution in [0.2, 0.25) is 0 Å². The molecule has 200 valence electrons. The van der Waals surface area contributed by atoms with Gasteiger partial charge < -0.3 is 0 Å². The number of hydrogen-bond acceptors (Lipinski definition) is 0. The lowest BCUT2D eigenvalue weighted by Crippen LogP contribution is -2.52. The first-order valence-electron chi connectivity index (χ1n) is 15.2. The second kappa shape index (κ2) is 6.32. The molecule has 0 radical (unpaired) electrons. The van der Waals surface area contributed by atoms with E-state index in [9.17, 15) is 0 Å². The van der Waals surface area contributed by atoms with Crippen molar-refractivity contribution in [2.45, 2.75) is 96.9 Å². The molecule has 3 unspecified atom stereocenters. The van der Waals surface area contributed by atoms with Gasteiger partial charge in [0.05, 0.1) is 0 Å². The van der Waals surface area contributed by atoms with Crippen molar-refractivity contribution in [1.82, 2.24) is 0 Å². The van der Waals surface area contributed by atoms with E-state index in [1.165, 1.54) is 11.1 Å². The van der Waals surface area contributed by atoms with E-state index in [4.69, 9.17) is 0 Å². The largest absolute Gasteiger partial charge is 0.0550 e. The fourth-order valence-corrected chi connectivity index (χ4v) is 11.6. The smallest absolute Gasteiger partial charge is 0.0439 e. The molecule has 0 fully saturated rings. The Hall–Kier alpha value is -2.60. The Kier molecular flexibility index (Phi) is 3.93. The second-order valence-electron chi connectivity index (χ2n) is 15.1. The monoisotopic (exact) mass is 512 g/mol. The molecule has 0 saturated carbocycles. The molecule has 0 heterocycles. The number of hydrogen-bond donors (Lipinski definition) is 0. The molecule has 0 heteroatoms. The molecular formula is C39H44. The van der Waals surface area contributed by atoms with Crippen LogP contribution in [0.1, 0.15) is 96.9 Å². The van der Waals surface area contributed by atoms with Crippen LogP contribution in [0.25, 0.3) is 0 Å². The summed E-state index contributed by atoms with van der Waals surface area (Å²) in [6, 6.07) is 0. The molecular weight excluding hydrogens is 468 g/mol. The Bertz CT molecular complexity index is 1810. The second-order valence-corrected chi connectivity index (χ2v) is 15.1. The summed E-state index contributed by atoms with van der Waals surface area (Å²) in [5, 5.41) is 0. The van der Waals surface area contributed by atoms with Crippen molar-refractivity contribution >= 4 is 0 Å². The topological polar surface area (TPSA) is 0 Å². The van der Waals surface area contributed by atoms with Crippen LogP contribution in [0.15, 0.2) is 111 Å². The van der Waals surface area contributed by atoms with Gasteiger partial charge in [0.1, 0.15) is 0 Å². The molecule has 1 spiro atoms. The lowest BCUT2D eigenvalue weighted by Gasteiger charge is -2.60. The fourth-order valence-electron chi connectivity index (χ4n) is 11.6. The highest BCUT2D eigenvalue weighted by Gasteiger charge is 2.72. The number of allylic oxidation sites excluding steroid dienone is 20. The van der Waals surface area contributed by atoms with Crippen molar-refractivity contribution in [3.8, 4) is 0 Å². The third-order valence-corrected chi connectivity index (χ3v) is 13.9. The summed E-state index contributed by atoms with van der Waals surface area (Å²) in [6.45, 7) is 34.7. The van der Waals surface area contributed by atoms with Crippen molar-refractivity contribution in [2.75, 3.05) is 0 Å². The Balaban J connectivity index is 1.72. The van der Waals surface area contributed by atoms with E-state index in [1.54, 1.807) is 100 Å². The maximum atomic E-state index is 2.56. The molecule has 0 amide bonds. The van der Waals surface area contributed by atoms with E-state index in [0.717, 1.165) is 0 Å². The molecule has 8 aliphatic rings. The minimum atomic E-state index is -0.0508. The quantitative estimate of drug-likeness (QED) is 0.303. The van der Waals surface area contributed by atoms with Crippen molar-refractivity contribution in [2.24, 2.45) is 28.1 Å². The van der Waals surface area contributed by atoms with E-state index in [0.29, 0.717) is 11.8 Å². The van der Waals surface area contributed by atoms with Crippen LogP contribution in [0, 0.1) is 28.1 Å². The van der Waals surface area contributed by atoms with Crippen LogP contribution in [-0.2, 0) is 0 Å². The van der Waals surface area contributed by atoms with E-state index in [1.807, 2.05) is 0 Å². The van der Waals surface area contributed by atoms with Crippen LogP contribution < -0.4 is 0 Å². The molecule has 0 N–H and O–H groups in total. The predicted octanol–water partition coefficient (Wildman–Crippen LogP) is 10.5. The fraction of sp³-hybridized carbons (Fsp3) is 0.487. The number of rotatable bonds is 0. The van der Waals surface area contributed by atoms with Gasteiger partial charge >= 0.3 is 0 Å². The highest BCUT2D eigenvalue weighted by atomic mass is 14.7. The van der Waals surface area contributed by atoms with Gasteiger partial charge in [0, 0.05) is 17.3 Å². The first-order chi connectivity index (χ1) is 18.1. The SMILES string of the molecule is CC1=C(C)C2=C3C1=C(C)C1=C(C)C(C)=C4C(C)=C5C6=C(C(C)=C7C(C)=C(C)C(=C2C)C7C36C14)C(C)(C)C5(C)C. The summed E-state index contributed by atoms with van der Waals surface area (Å²) < 4.78 is 0. The zero-order valence-corrected chi connectivity index (χ0v) is 26.7. The normalized spacial score (nSPS) is 34.9. The molecule has 0 aromatic rings. The average molecular weight is 513 g/mol. The first-order valence-corrected chi connectivity index (χ1v) is 15.2. The maximum Gasteiger partial charge on any atom is 0.0439 e.